The first-order valence-corrected chi connectivity index (χ1v) is 8.94. The van der Waals surface area contributed by atoms with Crippen molar-refractivity contribution in [1.82, 2.24) is 5.32 Å². The van der Waals surface area contributed by atoms with Gasteiger partial charge in [-0.3, -0.25) is 9.59 Å². The molecule has 0 aliphatic carbocycles. The second kappa shape index (κ2) is 10.3. The molecule has 0 heterocycles. The number of hydrogen-bond donors (Lipinski definition) is 2. The van der Waals surface area contributed by atoms with Crippen LogP contribution in [-0.2, 0) is 20.7 Å². The van der Waals surface area contributed by atoms with Crippen LogP contribution < -0.4 is 10.6 Å². The summed E-state index contributed by atoms with van der Waals surface area (Å²) in [5, 5.41) is 5.91. The van der Waals surface area contributed by atoms with Crippen molar-refractivity contribution in [2.75, 3.05) is 18.5 Å². The van der Waals surface area contributed by atoms with Crippen LogP contribution in [0.5, 0.6) is 0 Å². The minimum atomic E-state index is -0.528. The fourth-order valence-corrected chi connectivity index (χ4v) is 2.63. The average molecular weight is 389 g/mol. The average Bonchev–Trinajstić information content (AvgIpc) is 2.62. The first-order valence-electron chi connectivity index (χ1n) is 8.56. The summed E-state index contributed by atoms with van der Waals surface area (Å²) in [6, 6.07) is 13.9. The van der Waals surface area contributed by atoms with Crippen molar-refractivity contribution in [3.05, 3.63) is 64.7 Å². The predicted octanol–water partition coefficient (Wildman–Crippen LogP) is 3.20. The van der Waals surface area contributed by atoms with Crippen molar-refractivity contribution in [2.24, 2.45) is 0 Å². The second-order valence-electron chi connectivity index (χ2n) is 5.72. The molecule has 0 spiro atoms. The number of carbonyl (C=O) groups excluding carboxylic acids is 3. The second-order valence-corrected chi connectivity index (χ2v) is 6.16. The standard InChI is InChI=1S/C20H21ClN2O4/c1-2-27-20(26)16-8-3-4-9-17(16)23-19(25)13-18(24)22-11-10-14-6-5-7-15(21)12-14/h3-9,12H,2,10-11,13H2,1H3,(H,22,24)(H,23,25). The molecule has 0 bridgehead atoms. The van der Waals surface area contributed by atoms with E-state index in [9.17, 15) is 14.4 Å². The van der Waals surface area contributed by atoms with E-state index >= 15 is 0 Å². The number of anilines is 1. The van der Waals surface area contributed by atoms with Crippen molar-refractivity contribution in [3.63, 3.8) is 0 Å². The third kappa shape index (κ3) is 6.75. The van der Waals surface area contributed by atoms with Crippen molar-refractivity contribution < 1.29 is 19.1 Å². The Bertz CT molecular complexity index is 823. The van der Waals surface area contributed by atoms with Crippen LogP contribution in [0.2, 0.25) is 5.02 Å². The van der Waals surface area contributed by atoms with Gasteiger partial charge in [0.2, 0.25) is 11.8 Å². The lowest BCUT2D eigenvalue weighted by atomic mass is 10.1. The van der Waals surface area contributed by atoms with E-state index in [2.05, 4.69) is 10.6 Å². The van der Waals surface area contributed by atoms with E-state index in [-0.39, 0.29) is 18.6 Å². The molecule has 0 atom stereocenters. The topological polar surface area (TPSA) is 84.5 Å². The fraction of sp³-hybridized carbons (Fsp3) is 0.250. The molecule has 0 fully saturated rings. The van der Waals surface area contributed by atoms with Crippen LogP contribution >= 0.6 is 11.6 Å². The molecule has 0 radical (unpaired) electrons. The van der Waals surface area contributed by atoms with Gasteiger partial charge in [0, 0.05) is 11.6 Å². The third-order valence-corrected chi connectivity index (χ3v) is 3.88. The molecule has 0 saturated carbocycles. The summed E-state index contributed by atoms with van der Waals surface area (Å²) in [6.07, 6.45) is 0.270. The van der Waals surface area contributed by atoms with Gasteiger partial charge >= 0.3 is 5.97 Å². The summed E-state index contributed by atoms with van der Waals surface area (Å²) in [6.45, 7) is 2.33. The van der Waals surface area contributed by atoms with Gasteiger partial charge in [-0.15, -0.1) is 0 Å². The molecule has 0 unspecified atom stereocenters. The van der Waals surface area contributed by atoms with Crippen LogP contribution in [0.4, 0.5) is 5.69 Å². The van der Waals surface area contributed by atoms with Gasteiger partial charge < -0.3 is 15.4 Å². The molecule has 0 aromatic heterocycles. The van der Waals surface area contributed by atoms with Gasteiger partial charge in [-0.2, -0.15) is 0 Å². The molecule has 2 amide bonds. The van der Waals surface area contributed by atoms with E-state index in [1.165, 1.54) is 0 Å². The smallest absolute Gasteiger partial charge is 0.340 e. The molecule has 2 rings (SSSR count). The van der Waals surface area contributed by atoms with Gasteiger partial charge in [0.05, 0.1) is 17.9 Å². The highest BCUT2D eigenvalue weighted by Gasteiger charge is 2.15. The van der Waals surface area contributed by atoms with E-state index in [1.54, 1.807) is 37.3 Å². The van der Waals surface area contributed by atoms with Gasteiger partial charge in [0.25, 0.3) is 0 Å². The minimum Gasteiger partial charge on any atom is -0.462 e. The lowest BCUT2D eigenvalue weighted by Gasteiger charge is -2.10. The Hall–Kier alpha value is -2.86. The van der Waals surface area contributed by atoms with Gasteiger partial charge in [0.15, 0.2) is 0 Å². The first-order chi connectivity index (χ1) is 13.0. The number of ether oxygens (including phenoxy) is 1. The summed E-state index contributed by atoms with van der Waals surface area (Å²) in [5.74, 6) is -1.44. The zero-order valence-corrected chi connectivity index (χ0v) is 15.7. The van der Waals surface area contributed by atoms with Crippen molar-refractivity contribution >= 4 is 35.1 Å². The van der Waals surface area contributed by atoms with Crippen LogP contribution in [0, 0.1) is 0 Å². The van der Waals surface area contributed by atoms with E-state index < -0.39 is 17.8 Å². The summed E-state index contributed by atoms with van der Waals surface area (Å²) in [7, 11) is 0. The lowest BCUT2D eigenvalue weighted by molar-refractivity contribution is -0.126. The van der Waals surface area contributed by atoms with Crippen LogP contribution in [0.15, 0.2) is 48.5 Å². The Morgan fingerprint density at radius 1 is 1.04 bits per heavy atom. The number of hydrogen-bond acceptors (Lipinski definition) is 4. The molecular weight excluding hydrogens is 368 g/mol. The maximum absolute atomic E-state index is 12.1. The molecule has 2 aromatic carbocycles. The monoisotopic (exact) mass is 388 g/mol. The number of amides is 2. The van der Waals surface area contributed by atoms with Gasteiger partial charge in [0.1, 0.15) is 6.42 Å². The molecule has 6 nitrogen and oxygen atoms in total. The zero-order valence-electron chi connectivity index (χ0n) is 15.0. The molecule has 0 aliphatic rings. The number of esters is 1. The van der Waals surface area contributed by atoms with Crippen LogP contribution in [-0.4, -0.2) is 30.9 Å². The normalized spacial score (nSPS) is 10.1. The van der Waals surface area contributed by atoms with Crippen molar-refractivity contribution in [1.29, 1.82) is 0 Å². The Morgan fingerprint density at radius 2 is 1.81 bits per heavy atom. The van der Waals surface area contributed by atoms with Crippen LogP contribution in [0.1, 0.15) is 29.3 Å². The van der Waals surface area contributed by atoms with Crippen LogP contribution in [0.3, 0.4) is 0 Å². The van der Waals surface area contributed by atoms with E-state index in [1.807, 2.05) is 18.2 Å². The van der Waals surface area contributed by atoms with Crippen LogP contribution in [0.25, 0.3) is 0 Å². The first kappa shape index (κ1) is 20.5. The highest BCUT2D eigenvalue weighted by atomic mass is 35.5. The SMILES string of the molecule is CCOC(=O)c1ccccc1NC(=O)CC(=O)NCCc1cccc(Cl)c1. The Balaban J connectivity index is 1.83. The van der Waals surface area contributed by atoms with E-state index in [4.69, 9.17) is 16.3 Å². The molecule has 142 valence electrons. The largest absolute Gasteiger partial charge is 0.462 e. The van der Waals surface area contributed by atoms with Gasteiger partial charge in [-0.1, -0.05) is 35.9 Å². The lowest BCUT2D eigenvalue weighted by Crippen LogP contribution is -2.30. The number of para-hydroxylation sites is 1. The highest BCUT2D eigenvalue weighted by molar-refractivity contribution is 6.30. The summed E-state index contributed by atoms with van der Waals surface area (Å²) in [5.41, 5.74) is 1.55. The Morgan fingerprint density at radius 3 is 2.56 bits per heavy atom. The summed E-state index contributed by atoms with van der Waals surface area (Å²) < 4.78 is 4.96. The molecule has 2 aromatic rings. The number of nitrogens with one attached hydrogen (secondary N) is 2. The molecule has 0 aliphatic heterocycles. The summed E-state index contributed by atoms with van der Waals surface area (Å²) >= 11 is 5.91. The molecule has 0 saturated heterocycles. The quantitative estimate of drug-likeness (QED) is 0.537. The Kier molecular flexibility index (Phi) is 7.82. The Labute approximate surface area is 162 Å². The van der Waals surface area contributed by atoms with Gasteiger partial charge in [-0.25, -0.2) is 4.79 Å². The maximum Gasteiger partial charge on any atom is 0.340 e. The molecule has 7 heteroatoms. The van der Waals surface area contributed by atoms with E-state index in [0.717, 1.165) is 5.56 Å². The number of rotatable bonds is 8. The minimum absolute atomic E-state index is 0.232. The summed E-state index contributed by atoms with van der Waals surface area (Å²) in [4.78, 5) is 35.9. The number of benzene rings is 2. The predicted molar refractivity (Wildman–Crippen MR) is 104 cm³/mol. The fourth-order valence-electron chi connectivity index (χ4n) is 2.42. The number of carbonyl (C=O) groups is 3. The number of halogens is 1. The van der Waals surface area contributed by atoms with Crippen molar-refractivity contribution in [3.8, 4) is 0 Å². The molecule has 2 N–H and O–H groups in total. The maximum atomic E-state index is 12.1. The molecular formula is C20H21ClN2O4. The molecule has 27 heavy (non-hydrogen) atoms. The van der Waals surface area contributed by atoms with Gasteiger partial charge in [-0.05, 0) is 43.2 Å². The van der Waals surface area contributed by atoms with Crippen molar-refractivity contribution in [2.45, 2.75) is 19.8 Å². The zero-order chi connectivity index (χ0) is 19.6. The third-order valence-electron chi connectivity index (χ3n) is 3.64. The highest BCUT2D eigenvalue weighted by Crippen LogP contribution is 2.16. The van der Waals surface area contributed by atoms with E-state index in [0.29, 0.717) is 23.7 Å².